The predicted molar refractivity (Wildman–Crippen MR) is 108 cm³/mol. The number of aliphatic hydroxyl groups is 1. The maximum atomic E-state index is 12.7. The monoisotopic (exact) mass is 367 g/mol. The zero-order valence-corrected chi connectivity index (χ0v) is 16.0. The van der Waals surface area contributed by atoms with Crippen LogP contribution in [0.15, 0.2) is 48.7 Å². The Bertz CT molecular complexity index is 708. The van der Waals surface area contributed by atoms with E-state index < -0.39 is 6.10 Å². The minimum absolute atomic E-state index is 0.0612. The molecule has 27 heavy (non-hydrogen) atoms. The smallest absolute Gasteiger partial charge is 0.255 e. The first-order valence-corrected chi connectivity index (χ1v) is 9.83. The number of carbonyl (C=O) groups excluding carboxylic acids is 1. The number of amides is 1. The predicted octanol–water partition coefficient (Wildman–Crippen LogP) is 3.36. The number of hydrogen-bond acceptors (Lipinski definition) is 4. The van der Waals surface area contributed by atoms with Crippen LogP contribution in [0.3, 0.4) is 0 Å². The summed E-state index contributed by atoms with van der Waals surface area (Å²) in [5.74, 6) is 1.43. The van der Waals surface area contributed by atoms with Gasteiger partial charge < -0.3 is 15.3 Å². The zero-order valence-electron chi connectivity index (χ0n) is 16.0. The Morgan fingerprint density at radius 1 is 1.22 bits per heavy atom. The van der Waals surface area contributed by atoms with E-state index in [0.29, 0.717) is 23.8 Å². The van der Waals surface area contributed by atoms with Crippen LogP contribution in [0.5, 0.6) is 0 Å². The van der Waals surface area contributed by atoms with Gasteiger partial charge in [0.15, 0.2) is 0 Å². The van der Waals surface area contributed by atoms with Crippen LogP contribution in [0.1, 0.15) is 42.1 Å². The van der Waals surface area contributed by atoms with Gasteiger partial charge in [-0.2, -0.15) is 0 Å². The first-order chi connectivity index (χ1) is 13.1. The first kappa shape index (κ1) is 19.4. The topological polar surface area (TPSA) is 65.5 Å². The van der Waals surface area contributed by atoms with Gasteiger partial charge in [0.2, 0.25) is 0 Å². The number of nitrogens with one attached hydrogen (secondary N) is 1. The van der Waals surface area contributed by atoms with Gasteiger partial charge in [0.05, 0.1) is 11.7 Å². The number of rotatable bonds is 7. The van der Waals surface area contributed by atoms with E-state index in [4.69, 9.17) is 0 Å². The number of aliphatic hydroxyl groups excluding tert-OH is 1. The van der Waals surface area contributed by atoms with E-state index >= 15 is 0 Å². The molecule has 1 aromatic carbocycles. The van der Waals surface area contributed by atoms with Gasteiger partial charge in [-0.05, 0) is 56.2 Å². The molecule has 1 fully saturated rings. The second-order valence-corrected chi connectivity index (χ2v) is 7.42. The summed E-state index contributed by atoms with van der Waals surface area (Å²) in [6.45, 7) is 3.80. The lowest BCUT2D eigenvalue weighted by atomic mass is 9.90. The van der Waals surface area contributed by atoms with Crippen molar-refractivity contribution in [2.45, 2.75) is 38.7 Å². The highest BCUT2D eigenvalue weighted by Crippen LogP contribution is 2.23. The minimum Gasteiger partial charge on any atom is -0.392 e. The molecule has 0 aliphatic carbocycles. The van der Waals surface area contributed by atoms with Crippen LogP contribution in [0.2, 0.25) is 0 Å². The van der Waals surface area contributed by atoms with E-state index in [-0.39, 0.29) is 5.91 Å². The third-order valence-electron chi connectivity index (χ3n) is 5.17. The van der Waals surface area contributed by atoms with Crippen molar-refractivity contribution in [3.8, 4) is 0 Å². The second-order valence-electron chi connectivity index (χ2n) is 7.42. The molecule has 5 heteroatoms. The molecular weight excluding hydrogens is 338 g/mol. The lowest BCUT2D eigenvalue weighted by Crippen LogP contribution is -2.38. The Morgan fingerprint density at radius 2 is 1.96 bits per heavy atom. The number of likely N-dealkylation sites (tertiary alicyclic amines) is 1. The molecule has 0 radical (unpaired) electrons. The molecule has 2 N–H and O–H groups in total. The largest absolute Gasteiger partial charge is 0.392 e. The van der Waals surface area contributed by atoms with Gasteiger partial charge in [0.25, 0.3) is 5.91 Å². The minimum atomic E-state index is -0.434. The SMILES string of the molecule is CC(O)CNc1ccc(C(=O)N2CCC(CCc3ccccc3)CC2)cn1. The van der Waals surface area contributed by atoms with Gasteiger partial charge in [-0.15, -0.1) is 0 Å². The standard InChI is InChI=1S/C22H29N3O2/c1-17(26)15-23-21-10-9-20(16-24-21)22(27)25-13-11-19(12-14-25)8-7-18-5-3-2-4-6-18/h2-6,9-10,16-17,19,26H,7-8,11-15H2,1H3,(H,23,24). The summed E-state index contributed by atoms with van der Waals surface area (Å²) >= 11 is 0. The normalized spacial score (nSPS) is 16.1. The van der Waals surface area contributed by atoms with Crippen molar-refractivity contribution in [1.29, 1.82) is 0 Å². The molecule has 1 aromatic heterocycles. The van der Waals surface area contributed by atoms with Crippen molar-refractivity contribution in [3.63, 3.8) is 0 Å². The van der Waals surface area contributed by atoms with E-state index in [0.717, 1.165) is 32.4 Å². The van der Waals surface area contributed by atoms with Crippen molar-refractivity contribution in [2.75, 3.05) is 25.0 Å². The van der Waals surface area contributed by atoms with Crippen molar-refractivity contribution < 1.29 is 9.90 Å². The number of pyridine rings is 1. The van der Waals surface area contributed by atoms with Crippen LogP contribution in [-0.4, -0.2) is 46.6 Å². The van der Waals surface area contributed by atoms with Crippen LogP contribution in [-0.2, 0) is 6.42 Å². The van der Waals surface area contributed by atoms with Gasteiger partial charge in [-0.1, -0.05) is 30.3 Å². The molecule has 2 aromatic rings. The first-order valence-electron chi connectivity index (χ1n) is 9.83. The molecule has 0 spiro atoms. The van der Waals surface area contributed by atoms with Crippen LogP contribution in [0, 0.1) is 5.92 Å². The molecule has 1 amide bonds. The Morgan fingerprint density at radius 3 is 2.59 bits per heavy atom. The second kappa shape index (κ2) is 9.51. The number of benzene rings is 1. The fourth-order valence-corrected chi connectivity index (χ4v) is 3.50. The highest BCUT2D eigenvalue weighted by Gasteiger charge is 2.23. The van der Waals surface area contributed by atoms with E-state index in [9.17, 15) is 9.90 Å². The molecule has 3 rings (SSSR count). The quantitative estimate of drug-likeness (QED) is 0.788. The molecule has 0 saturated carbocycles. The third kappa shape index (κ3) is 5.79. The molecule has 1 atom stereocenters. The Labute approximate surface area is 161 Å². The Hall–Kier alpha value is -2.40. The lowest BCUT2D eigenvalue weighted by Gasteiger charge is -2.32. The highest BCUT2D eigenvalue weighted by atomic mass is 16.3. The van der Waals surface area contributed by atoms with Gasteiger partial charge in [-0.3, -0.25) is 4.79 Å². The zero-order chi connectivity index (χ0) is 19.1. The molecule has 5 nitrogen and oxygen atoms in total. The fourth-order valence-electron chi connectivity index (χ4n) is 3.50. The van der Waals surface area contributed by atoms with E-state index in [1.165, 1.54) is 12.0 Å². The van der Waals surface area contributed by atoms with Crippen molar-refractivity contribution in [3.05, 3.63) is 59.8 Å². The fraction of sp³-hybridized carbons (Fsp3) is 0.455. The molecule has 1 aliphatic rings. The number of nitrogens with zero attached hydrogens (tertiary/aromatic N) is 2. The van der Waals surface area contributed by atoms with E-state index in [1.807, 2.05) is 4.90 Å². The maximum Gasteiger partial charge on any atom is 0.255 e. The number of aromatic nitrogens is 1. The van der Waals surface area contributed by atoms with Crippen molar-refractivity contribution in [2.24, 2.45) is 5.92 Å². The maximum absolute atomic E-state index is 12.7. The molecular formula is C22H29N3O2. The van der Waals surface area contributed by atoms with E-state index in [1.54, 1.807) is 25.3 Å². The molecule has 2 heterocycles. The van der Waals surface area contributed by atoms with E-state index in [2.05, 4.69) is 40.6 Å². The number of carbonyl (C=O) groups is 1. The Balaban J connectivity index is 1.45. The number of anilines is 1. The molecule has 1 unspecified atom stereocenters. The summed E-state index contributed by atoms with van der Waals surface area (Å²) < 4.78 is 0. The summed E-state index contributed by atoms with van der Waals surface area (Å²) in [5.41, 5.74) is 2.02. The molecule has 144 valence electrons. The summed E-state index contributed by atoms with van der Waals surface area (Å²) in [6.07, 6.45) is 5.63. The average molecular weight is 367 g/mol. The van der Waals surface area contributed by atoms with Gasteiger partial charge >= 0.3 is 0 Å². The average Bonchev–Trinajstić information content (AvgIpc) is 2.72. The number of piperidine rings is 1. The lowest BCUT2D eigenvalue weighted by molar-refractivity contribution is 0.0686. The van der Waals surface area contributed by atoms with Crippen molar-refractivity contribution >= 4 is 11.7 Å². The Kier molecular flexibility index (Phi) is 6.82. The summed E-state index contributed by atoms with van der Waals surface area (Å²) in [6, 6.07) is 14.2. The van der Waals surface area contributed by atoms with Gasteiger partial charge in [0, 0.05) is 25.8 Å². The van der Waals surface area contributed by atoms with Crippen LogP contribution < -0.4 is 5.32 Å². The highest BCUT2D eigenvalue weighted by molar-refractivity contribution is 5.94. The summed E-state index contributed by atoms with van der Waals surface area (Å²) in [7, 11) is 0. The summed E-state index contributed by atoms with van der Waals surface area (Å²) in [4.78, 5) is 18.9. The van der Waals surface area contributed by atoms with Crippen LogP contribution >= 0.6 is 0 Å². The number of aryl methyl sites for hydroxylation is 1. The van der Waals surface area contributed by atoms with Gasteiger partial charge in [0.1, 0.15) is 5.82 Å². The molecule has 0 bridgehead atoms. The molecule has 1 saturated heterocycles. The molecule has 1 aliphatic heterocycles. The van der Waals surface area contributed by atoms with Gasteiger partial charge in [-0.25, -0.2) is 4.98 Å². The third-order valence-corrected chi connectivity index (χ3v) is 5.17. The van der Waals surface area contributed by atoms with Crippen LogP contribution in [0.4, 0.5) is 5.82 Å². The van der Waals surface area contributed by atoms with Crippen LogP contribution in [0.25, 0.3) is 0 Å². The van der Waals surface area contributed by atoms with Crippen molar-refractivity contribution in [1.82, 2.24) is 9.88 Å². The summed E-state index contributed by atoms with van der Waals surface area (Å²) in [5, 5.41) is 12.3. The number of hydrogen-bond donors (Lipinski definition) is 2.